The van der Waals surface area contributed by atoms with E-state index in [1.807, 2.05) is 19.2 Å². The molecule has 0 bridgehead atoms. The summed E-state index contributed by atoms with van der Waals surface area (Å²) < 4.78 is 38.0. The van der Waals surface area contributed by atoms with E-state index >= 15 is 0 Å². The van der Waals surface area contributed by atoms with Crippen LogP contribution in [0.4, 0.5) is 20.3 Å². The number of hydrogen-bond acceptors (Lipinski definition) is 11. The third-order valence-electron chi connectivity index (χ3n) is 8.98. The number of carbonyl (C=O) groups excluding carboxylic acids is 2. The maximum absolute atomic E-state index is 13.7. The molecule has 0 atom stereocenters. The zero-order valence-corrected chi connectivity index (χ0v) is 29.4. The molecule has 15 heteroatoms. The number of fused-ring (bicyclic) bond motifs is 1. The van der Waals surface area contributed by atoms with Gasteiger partial charge in [0.15, 0.2) is 17.9 Å². The number of pyridine rings is 1. The molecule has 6 rings (SSSR count). The Bertz CT molecular complexity index is 2100. The SMILES string of the molecule is COC(=O)C1CCC(N(C)Cc2ncc(-c3cccc(-c4cccc(Nc5nc(C(F)F)nc6cc(C=O)cnc56)c4Cl)c3Cl)nc2OC)CC1. The van der Waals surface area contributed by atoms with Gasteiger partial charge >= 0.3 is 5.97 Å². The molecule has 0 saturated heterocycles. The van der Waals surface area contributed by atoms with E-state index in [1.165, 1.54) is 26.5 Å². The minimum atomic E-state index is -2.96. The van der Waals surface area contributed by atoms with Gasteiger partial charge in [0, 0.05) is 41.0 Å². The van der Waals surface area contributed by atoms with Gasteiger partial charge in [-0.2, -0.15) is 0 Å². The number of aromatic nitrogens is 5. The Kier molecular flexibility index (Phi) is 11.0. The molecule has 0 amide bonds. The molecule has 1 saturated carbocycles. The normalized spacial score (nSPS) is 16.0. The summed E-state index contributed by atoms with van der Waals surface area (Å²) in [6.45, 7) is 0.501. The third-order valence-corrected chi connectivity index (χ3v) is 9.80. The molecule has 1 aliphatic carbocycles. The van der Waals surface area contributed by atoms with Crippen LogP contribution in [0.1, 0.15) is 54.0 Å². The molecule has 1 fully saturated rings. The number of benzene rings is 2. The van der Waals surface area contributed by atoms with Gasteiger partial charge in [-0.25, -0.2) is 28.7 Å². The number of aldehydes is 1. The van der Waals surface area contributed by atoms with Gasteiger partial charge in [0.1, 0.15) is 11.2 Å². The molecular formula is C36H33Cl2F2N7O4. The number of nitrogens with one attached hydrogen (secondary N) is 1. The molecule has 0 unspecified atom stereocenters. The molecular weight excluding hydrogens is 703 g/mol. The zero-order valence-electron chi connectivity index (χ0n) is 27.9. The summed E-state index contributed by atoms with van der Waals surface area (Å²) in [7, 11) is 4.99. The second-order valence-electron chi connectivity index (χ2n) is 12.1. The van der Waals surface area contributed by atoms with Gasteiger partial charge in [-0.3, -0.25) is 19.5 Å². The highest BCUT2D eigenvalue weighted by molar-refractivity contribution is 6.39. The van der Waals surface area contributed by atoms with E-state index in [4.69, 9.17) is 42.6 Å². The number of methoxy groups -OCH3 is 2. The smallest absolute Gasteiger partial charge is 0.308 e. The maximum atomic E-state index is 13.7. The topological polar surface area (TPSA) is 132 Å². The predicted molar refractivity (Wildman–Crippen MR) is 190 cm³/mol. The minimum absolute atomic E-state index is 0.00590. The van der Waals surface area contributed by atoms with Gasteiger partial charge in [0.25, 0.3) is 6.43 Å². The lowest BCUT2D eigenvalue weighted by molar-refractivity contribution is -0.146. The molecule has 5 aromatic rings. The van der Waals surface area contributed by atoms with Crippen molar-refractivity contribution in [1.82, 2.24) is 29.8 Å². The minimum Gasteiger partial charge on any atom is -0.480 e. The second-order valence-corrected chi connectivity index (χ2v) is 12.9. The van der Waals surface area contributed by atoms with Gasteiger partial charge in [-0.1, -0.05) is 53.5 Å². The Morgan fingerprint density at radius 3 is 2.37 bits per heavy atom. The average Bonchev–Trinajstić information content (AvgIpc) is 3.15. The fraction of sp³-hybridized carbons (Fsp3) is 0.306. The zero-order chi connectivity index (χ0) is 36.2. The Morgan fingerprint density at radius 1 is 0.980 bits per heavy atom. The highest BCUT2D eigenvalue weighted by atomic mass is 35.5. The quantitative estimate of drug-likeness (QED) is 0.104. The van der Waals surface area contributed by atoms with E-state index in [1.54, 1.807) is 30.5 Å². The molecule has 11 nitrogen and oxygen atoms in total. The third kappa shape index (κ3) is 7.60. The van der Waals surface area contributed by atoms with Crippen LogP contribution in [0.15, 0.2) is 54.9 Å². The first-order valence-corrected chi connectivity index (χ1v) is 16.8. The molecule has 0 aliphatic heterocycles. The molecule has 3 aromatic heterocycles. The lowest BCUT2D eigenvalue weighted by Gasteiger charge is -2.33. The van der Waals surface area contributed by atoms with Crippen LogP contribution < -0.4 is 10.1 Å². The van der Waals surface area contributed by atoms with E-state index in [9.17, 15) is 18.4 Å². The van der Waals surface area contributed by atoms with E-state index in [0.717, 1.165) is 25.7 Å². The van der Waals surface area contributed by atoms with Crippen molar-refractivity contribution in [3.63, 3.8) is 0 Å². The monoisotopic (exact) mass is 735 g/mol. The number of halogens is 4. The van der Waals surface area contributed by atoms with E-state index in [0.29, 0.717) is 57.5 Å². The summed E-state index contributed by atoms with van der Waals surface area (Å²) >= 11 is 13.9. The molecule has 0 spiro atoms. The summed E-state index contributed by atoms with van der Waals surface area (Å²) in [5.41, 5.74) is 3.68. The maximum Gasteiger partial charge on any atom is 0.308 e. The van der Waals surface area contributed by atoms with Crippen molar-refractivity contribution < 1.29 is 27.8 Å². The lowest BCUT2D eigenvalue weighted by Crippen LogP contribution is -2.36. The Labute approximate surface area is 302 Å². The van der Waals surface area contributed by atoms with Crippen LogP contribution in [0.25, 0.3) is 33.4 Å². The standard InChI is InChI=1S/C36H33Cl2F2N7O4/c1-47(21-12-10-20(11-13-21)36(49)51-3)17-28-35(50-2)45-27(16-41-28)24-8-4-6-22(29(24)37)23-7-5-9-25(30(23)38)43-33-31-26(14-19(18-48)15-42-31)44-34(46-33)32(39)40/h4-9,14-16,18,20-21,32H,10-13,17H2,1-3H3,(H,43,44,46). The van der Waals surface area contributed by atoms with Crippen LogP contribution in [0.3, 0.4) is 0 Å². The van der Waals surface area contributed by atoms with Crippen molar-refractivity contribution in [2.24, 2.45) is 5.92 Å². The molecule has 1 N–H and O–H groups in total. The van der Waals surface area contributed by atoms with Crippen LogP contribution in [0, 0.1) is 5.92 Å². The predicted octanol–water partition coefficient (Wildman–Crippen LogP) is 8.12. The Morgan fingerprint density at radius 2 is 1.69 bits per heavy atom. The van der Waals surface area contributed by atoms with Crippen molar-refractivity contribution >= 4 is 58.0 Å². The number of anilines is 2. The van der Waals surface area contributed by atoms with Crippen LogP contribution in [-0.2, 0) is 16.1 Å². The van der Waals surface area contributed by atoms with Crippen LogP contribution >= 0.6 is 23.2 Å². The molecule has 264 valence electrons. The first-order valence-electron chi connectivity index (χ1n) is 16.1. The Balaban J connectivity index is 1.26. The van der Waals surface area contributed by atoms with Crippen molar-refractivity contribution in [3.8, 4) is 28.3 Å². The first-order chi connectivity index (χ1) is 24.6. The number of ether oxygens (including phenoxy) is 2. The van der Waals surface area contributed by atoms with Crippen LogP contribution in [-0.4, -0.2) is 69.4 Å². The number of carbonyl (C=O) groups is 2. The van der Waals surface area contributed by atoms with Crippen LogP contribution in [0.2, 0.25) is 10.0 Å². The molecule has 3 heterocycles. The lowest BCUT2D eigenvalue weighted by atomic mass is 9.85. The first kappa shape index (κ1) is 36.0. The largest absolute Gasteiger partial charge is 0.480 e. The van der Waals surface area contributed by atoms with Gasteiger partial charge in [0.2, 0.25) is 5.88 Å². The summed E-state index contributed by atoms with van der Waals surface area (Å²) in [4.78, 5) is 47.0. The molecule has 0 radical (unpaired) electrons. The summed E-state index contributed by atoms with van der Waals surface area (Å²) in [5, 5.41) is 3.62. The highest BCUT2D eigenvalue weighted by Crippen LogP contribution is 2.42. The van der Waals surface area contributed by atoms with Crippen molar-refractivity contribution in [1.29, 1.82) is 0 Å². The molecule has 2 aromatic carbocycles. The van der Waals surface area contributed by atoms with Crippen LogP contribution in [0.5, 0.6) is 5.88 Å². The summed E-state index contributed by atoms with van der Waals surface area (Å²) in [5.74, 6) is -0.576. The van der Waals surface area contributed by atoms with Gasteiger partial charge < -0.3 is 14.8 Å². The fourth-order valence-electron chi connectivity index (χ4n) is 6.29. The molecule has 1 aliphatic rings. The fourth-order valence-corrected chi connectivity index (χ4v) is 6.89. The number of rotatable bonds is 11. The van der Waals surface area contributed by atoms with Gasteiger partial charge in [-0.05, 0) is 44.9 Å². The van der Waals surface area contributed by atoms with E-state index in [2.05, 4.69) is 25.2 Å². The van der Waals surface area contributed by atoms with E-state index < -0.39 is 12.2 Å². The average molecular weight is 737 g/mol. The van der Waals surface area contributed by atoms with Crippen molar-refractivity contribution in [3.05, 3.63) is 82.0 Å². The number of esters is 1. The Hall–Kier alpha value is -4.85. The number of nitrogens with zero attached hydrogens (tertiary/aromatic N) is 6. The van der Waals surface area contributed by atoms with Gasteiger partial charge in [0.05, 0.1) is 53.3 Å². The van der Waals surface area contributed by atoms with Crippen molar-refractivity contribution in [2.45, 2.75) is 44.7 Å². The number of alkyl halides is 2. The summed E-state index contributed by atoms with van der Waals surface area (Å²) in [6, 6.07) is 12.2. The summed E-state index contributed by atoms with van der Waals surface area (Å²) in [6.07, 6.45) is 3.84. The second kappa shape index (κ2) is 15.6. The van der Waals surface area contributed by atoms with Crippen molar-refractivity contribution in [2.75, 3.05) is 26.6 Å². The van der Waals surface area contributed by atoms with E-state index in [-0.39, 0.29) is 45.4 Å². The highest BCUT2D eigenvalue weighted by Gasteiger charge is 2.29. The number of hydrogen-bond donors (Lipinski definition) is 1. The van der Waals surface area contributed by atoms with Gasteiger partial charge in [-0.15, -0.1) is 0 Å². The molecule has 51 heavy (non-hydrogen) atoms.